The van der Waals surface area contributed by atoms with Crippen molar-refractivity contribution in [3.8, 4) is 0 Å². The average molecular weight is 180 g/mol. The number of rotatable bonds is 4. The molecule has 0 saturated carbocycles. The van der Waals surface area contributed by atoms with Crippen molar-refractivity contribution >= 4 is 0 Å². The highest BCUT2D eigenvalue weighted by Crippen LogP contribution is 2.14. The molecule has 1 rings (SSSR count). The zero-order valence-electron chi connectivity index (χ0n) is 8.83. The number of hydrogen-bond donors (Lipinski definition) is 1. The Morgan fingerprint density at radius 1 is 1.46 bits per heavy atom. The molecule has 0 fully saturated rings. The number of nitrogens with zero attached hydrogens (tertiary/aromatic N) is 1. The van der Waals surface area contributed by atoms with Crippen LogP contribution in [0.5, 0.6) is 0 Å². The highest BCUT2D eigenvalue weighted by atomic mass is 15.0. The van der Waals surface area contributed by atoms with Crippen LogP contribution < -0.4 is 5.73 Å². The molecule has 0 aliphatic heterocycles. The second kappa shape index (κ2) is 4.47. The van der Waals surface area contributed by atoms with Crippen molar-refractivity contribution in [1.29, 1.82) is 0 Å². The molecule has 0 amide bonds. The second-order valence-corrected chi connectivity index (χ2v) is 3.89. The van der Waals surface area contributed by atoms with Gasteiger partial charge in [-0.1, -0.05) is 20.3 Å². The van der Waals surface area contributed by atoms with Gasteiger partial charge in [-0.2, -0.15) is 0 Å². The van der Waals surface area contributed by atoms with E-state index in [4.69, 9.17) is 5.73 Å². The summed E-state index contributed by atoms with van der Waals surface area (Å²) >= 11 is 0. The SMILES string of the molecule is CCC(C)Cn1cccc1C(C)N. The van der Waals surface area contributed by atoms with Crippen molar-refractivity contribution in [1.82, 2.24) is 4.57 Å². The number of aromatic nitrogens is 1. The predicted molar refractivity (Wildman–Crippen MR) is 56.5 cm³/mol. The molecule has 1 aromatic rings. The van der Waals surface area contributed by atoms with Crippen LogP contribution in [0.2, 0.25) is 0 Å². The van der Waals surface area contributed by atoms with E-state index < -0.39 is 0 Å². The molecule has 1 heterocycles. The fraction of sp³-hybridized carbons (Fsp3) is 0.636. The van der Waals surface area contributed by atoms with Crippen LogP contribution in [0, 0.1) is 5.92 Å². The van der Waals surface area contributed by atoms with E-state index in [9.17, 15) is 0 Å². The normalized spacial score (nSPS) is 15.7. The van der Waals surface area contributed by atoms with Crippen LogP contribution >= 0.6 is 0 Å². The first-order valence-corrected chi connectivity index (χ1v) is 5.05. The Labute approximate surface area is 80.7 Å². The van der Waals surface area contributed by atoms with Crippen molar-refractivity contribution < 1.29 is 0 Å². The Hall–Kier alpha value is -0.760. The molecule has 0 aliphatic carbocycles. The zero-order chi connectivity index (χ0) is 9.84. The molecule has 74 valence electrons. The van der Waals surface area contributed by atoms with Gasteiger partial charge < -0.3 is 10.3 Å². The molecule has 0 saturated heterocycles. The van der Waals surface area contributed by atoms with Crippen molar-refractivity contribution in [2.75, 3.05) is 0 Å². The third-order valence-corrected chi connectivity index (χ3v) is 2.54. The minimum Gasteiger partial charge on any atom is -0.350 e. The number of hydrogen-bond acceptors (Lipinski definition) is 1. The molecule has 0 aromatic carbocycles. The summed E-state index contributed by atoms with van der Waals surface area (Å²) in [7, 11) is 0. The zero-order valence-corrected chi connectivity index (χ0v) is 8.83. The van der Waals surface area contributed by atoms with Gasteiger partial charge in [0.2, 0.25) is 0 Å². The molecule has 2 atom stereocenters. The van der Waals surface area contributed by atoms with Gasteiger partial charge in [0.1, 0.15) is 0 Å². The monoisotopic (exact) mass is 180 g/mol. The second-order valence-electron chi connectivity index (χ2n) is 3.89. The summed E-state index contributed by atoms with van der Waals surface area (Å²) in [5.74, 6) is 0.727. The third kappa shape index (κ3) is 2.59. The van der Waals surface area contributed by atoms with E-state index in [-0.39, 0.29) is 6.04 Å². The molecule has 0 aliphatic rings. The van der Waals surface area contributed by atoms with Crippen LogP contribution in [0.25, 0.3) is 0 Å². The molecule has 2 N–H and O–H groups in total. The van der Waals surface area contributed by atoms with Crippen molar-refractivity contribution in [3.63, 3.8) is 0 Å². The van der Waals surface area contributed by atoms with Crippen LogP contribution in [-0.2, 0) is 6.54 Å². The summed E-state index contributed by atoms with van der Waals surface area (Å²) in [6.07, 6.45) is 3.33. The molecule has 2 nitrogen and oxygen atoms in total. The van der Waals surface area contributed by atoms with Crippen LogP contribution in [0.15, 0.2) is 18.3 Å². The lowest BCUT2D eigenvalue weighted by molar-refractivity contribution is 0.454. The molecule has 0 spiro atoms. The summed E-state index contributed by atoms with van der Waals surface area (Å²) in [5, 5.41) is 0. The molecule has 2 heteroatoms. The topological polar surface area (TPSA) is 30.9 Å². The Morgan fingerprint density at radius 3 is 2.69 bits per heavy atom. The lowest BCUT2D eigenvalue weighted by Crippen LogP contribution is -2.14. The fourth-order valence-electron chi connectivity index (χ4n) is 1.47. The van der Waals surface area contributed by atoms with E-state index in [1.807, 2.05) is 6.92 Å². The predicted octanol–water partition coefficient (Wildman–Crippen LogP) is 2.55. The Bertz CT molecular complexity index is 250. The lowest BCUT2D eigenvalue weighted by Gasteiger charge is -2.15. The molecule has 0 radical (unpaired) electrons. The van der Waals surface area contributed by atoms with Gasteiger partial charge in [-0.15, -0.1) is 0 Å². The maximum absolute atomic E-state index is 5.86. The maximum Gasteiger partial charge on any atom is 0.0421 e. The quantitative estimate of drug-likeness (QED) is 0.758. The van der Waals surface area contributed by atoms with Gasteiger partial charge in [0, 0.05) is 24.5 Å². The van der Waals surface area contributed by atoms with Gasteiger partial charge in [0.15, 0.2) is 0 Å². The molecule has 13 heavy (non-hydrogen) atoms. The van der Waals surface area contributed by atoms with E-state index in [2.05, 4.69) is 36.7 Å². The van der Waals surface area contributed by atoms with Crippen molar-refractivity contribution in [2.45, 2.75) is 39.8 Å². The highest BCUT2D eigenvalue weighted by molar-refractivity contribution is 5.10. The van der Waals surface area contributed by atoms with Crippen LogP contribution in [0.3, 0.4) is 0 Å². The number of nitrogens with two attached hydrogens (primary N) is 1. The van der Waals surface area contributed by atoms with E-state index in [0.29, 0.717) is 0 Å². The van der Waals surface area contributed by atoms with Crippen LogP contribution in [0.1, 0.15) is 38.9 Å². The van der Waals surface area contributed by atoms with E-state index >= 15 is 0 Å². The maximum atomic E-state index is 5.86. The van der Waals surface area contributed by atoms with Gasteiger partial charge >= 0.3 is 0 Å². The molecular weight excluding hydrogens is 160 g/mol. The summed E-state index contributed by atoms with van der Waals surface area (Å²) in [5.41, 5.74) is 7.09. The van der Waals surface area contributed by atoms with E-state index in [1.165, 1.54) is 12.1 Å². The first kappa shape index (κ1) is 10.3. The van der Waals surface area contributed by atoms with Crippen LogP contribution in [0.4, 0.5) is 0 Å². The molecule has 0 bridgehead atoms. The average Bonchev–Trinajstić information content (AvgIpc) is 2.52. The molecular formula is C11H20N2. The van der Waals surface area contributed by atoms with Gasteiger partial charge in [0.25, 0.3) is 0 Å². The Kier molecular flexibility index (Phi) is 3.55. The van der Waals surface area contributed by atoms with Crippen molar-refractivity contribution in [2.24, 2.45) is 11.7 Å². The van der Waals surface area contributed by atoms with E-state index in [0.717, 1.165) is 12.5 Å². The van der Waals surface area contributed by atoms with Gasteiger partial charge in [-0.25, -0.2) is 0 Å². The van der Waals surface area contributed by atoms with Crippen LogP contribution in [-0.4, -0.2) is 4.57 Å². The Morgan fingerprint density at radius 2 is 2.15 bits per heavy atom. The van der Waals surface area contributed by atoms with Gasteiger partial charge in [0.05, 0.1) is 0 Å². The standard InChI is InChI=1S/C11H20N2/c1-4-9(2)8-13-7-5-6-11(13)10(3)12/h5-7,9-10H,4,8,12H2,1-3H3. The smallest absolute Gasteiger partial charge is 0.0421 e. The summed E-state index contributed by atoms with van der Waals surface area (Å²) in [4.78, 5) is 0. The highest BCUT2D eigenvalue weighted by Gasteiger charge is 2.07. The lowest BCUT2D eigenvalue weighted by atomic mass is 10.1. The van der Waals surface area contributed by atoms with E-state index in [1.54, 1.807) is 0 Å². The fourth-order valence-corrected chi connectivity index (χ4v) is 1.47. The first-order chi connectivity index (χ1) is 6.15. The first-order valence-electron chi connectivity index (χ1n) is 5.05. The molecule has 2 unspecified atom stereocenters. The minimum absolute atomic E-state index is 0.138. The summed E-state index contributed by atoms with van der Waals surface area (Å²) < 4.78 is 2.26. The minimum atomic E-state index is 0.138. The molecule has 1 aromatic heterocycles. The van der Waals surface area contributed by atoms with Gasteiger partial charge in [-0.3, -0.25) is 0 Å². The third-order valence-electron chi connectivity index (χ3n) is 2.54. The van der Waals surface area contributed by atoms with Crippen molar-refractivity contribution in [3.05, 3.63) is 24.0 Å². The summed E-state index contributed by atoms with van der Waals surface area (Å²) in [6.45, 7) is 7.60. The summed E-state index contributed by atoms with van der Waals surface area (Å²) in [6, 6.07) is 4.31. The largest absolute Gasteiger partial charge is 0.350 e. The Balaban J connectivity index is 2.70. The van der Waals surface area contributed by atoms with Gasteiger partial charge in [-0.05, 0) is 25.0 Å².